The highest BCUT2D eigenvalue weighted by Crippen LogP contribution is 2.30. The van der Waals surface area contributed by atoms with E-state index in [1.165, 1.54) is 0 Å². The van der Waals surface area contributed by atoms with E-state index in [-0.39, 0.29) is 23.8 Å². The van der Waals surface area contributed by atoms with Crippen LogP contribution in [0.25, 0.3) is 11.8 Å². The number of nitrogens with two attached hydrogens (primary N) is 1. The molecule has 0 spiro atoms. The number of amides is 1. The summed E-state index contributed by atoms with van der Waals surface area (Å²) in [6.45, 7) is 9.08. The lowest BCUT2D eigenvalue weighted by molar-refractivity contribution is -0.117. The third-order valence-electron chi connectivity index (χ3n) is 4.68. The molecule has 3 rings (SSSR count). The SMILES string of the molecule is C=N/C(C(=O)NC(C)(C)COc1cccc2c1C(N)=NS(=O)(=O)N2)=c1/cccc/c1=C/C. The Morgan fingerprint density at radius 2 is 2.00 bits per heavy atom. The minimum absolute atomic E-state index is 0.0706. The number of hydrogen-bond acceptors (Lipinski definition) is 6. The molecule has 1 aliphatic rings. The van der Waals surface area contributed by atoms with E-state index >= 15 is 0 Å². The van der Waals surface area contributed by atoms with Gasteiger partial charge in [-0.05, 0) is 44.8 Å². The third kappa shape index (κ3) is 4.97. The number of aliphatic imine (C=N–C) groups is 1. The molecule has 0 aliphatic carbocycles. The fourth-order valence-corrected chi connectivity index (χ4v) is 4.09. The summed E-state index contributed by atoms with van der Waals surface area (Å²) in [5.41, 5.74) is 5.86. The summed E-state index contributed by atoms with van der Waals surface area (Å²) in [5, 5.41) is 4.45. The van der Waals surface area contributed by atoms with Gasteiger partial charge in [0, 0.05) is 5.22 Å². The minimum atomic E-state index is -3.89. The molecule has 0 radical (unpaired) electrons. The predicted molar refractivity (Wildman–Crippen MR) is 126 cm³/mol. The topological polar surface area (TPSA) is 135 Å². The van der Waals surface area contributed by atoms with E-state index in [0.717, 1.165) is 5.22 Å². The number of carbonyl (C=O) groups is 1. The lowest BCUT2D eigenvalue weighted by atomic mass is 10.1. The molecule has 1 heterocycles. The van der Waals surface area contributed by atoms with E-state index in [0.29, 0.717) is 16.5 Å². The summed E-state index contributed by atoms with van der Waals surface area (Å²) < 4.78 is 35.2. The lowest BCUT2D eigenvalue weighted by Gasteiger charge is -2.27. The standard InChI is InChI=1S/C22H25N5O4S/c1-5-14-9-6-7-10-15(14)19(24-4)21(28)25-22(2,3)13-31-17-12-8-11-16-18(17)20(23)27-32(29,30)26-16/h5-12,26H,4,13H2,1-3H3,(H2,23,27)(H,25,28)/b14-5-,19-15-. The molecule has 0 aromatic heterocycles. The quantitative estimate of drug-likeness (QED) is 0.550. The highest BCUT2D eigenvalue weighted by atomic mass is 32.2. The van der Waals surface area contributed by atoms with Gasteiger partial charge in [-0.3, -0.25) is 14.5 Å². The molecule has 0 unspecified atom stereocenters. The molecule has 4 N–H and O–H groups in total. The molecule has 9 nitrogen and oxygen atoms in total. The van der Waals surface area contributed by atoms with Crippen molar-refractivity contribution in [2.75, 3.05) is 11.3 Å². The Morgan fingerprint density at radius 1 is 1.28 bits per heavy atom. The molecular weight excluding hydrogens is 430 g/mol. The van der Waals surface area contributed by atoms with Crippen LogP contribution in [-0.2, 0) is 15.0 Å². The van der Waals surface area contributed by atoms with Gasteiger partial charge >= 0.3 is 10.2 Å². The van der Waals surface area contributed by atoms with E-state index < -0.39 is 21.7 Å². The number of carbonyl (C=O) groups excluding carboxylic acids is 1. The second kappa shape index (κ2) is 8.83. The maximum atomic E-state index is 13.0. The third-order valence-corrected chi connectivity index (χ3v) is 5.60. The Bertz CT molecular complexity index is 1330. The van der Waals surface area contributed by atoms with Crippen LogP contribution in [-0.4, -0.2) is 39.0 Å². The average Bonchev–Trinajstić information content (AvgIpc) is 2.71. The molecule has 0 bridgehead atoms. The van der Waals surface area contributed by atoms with E-state index in [2.05, 4.69) is 26.1 Å². The second-order valence-electron chi connectivity index (χ2n) is 7.74. The predicted octanol–water partition coefficient (Wildman–Crippen LogP) is 0.645. The van der Waals surface area contributed by atoms with Gasteiger partial charge in [0.15, 0.2) is 5.84 Å². The van der Waals surface area contributed by atoms with E-state index in [1.54, 1.807) is 32.0 Å². The minimum Gasteiger partial charge on any atom is -0.490 e. The summed E-state index contributed by atoms with van der Waals surface area (Å²) >= 11 is 0. The largest absolute Gasteiger partial charge is 0.490 e. The molecule has 0 atom stereocenters. The summed E-state index contributed by atoms with van der Waals surface area (Å²) in [5.74, 6) is -0.229. The number of nitrogens with one attached hydrogen (secondary N) is 2. The van der Waals surface area contributed by atoms with Crippen LogP contribution >= 0.6 is 0 Å². The first-order valence-electron chi connectivity index (χ1n) is 9.76. The zero-order valence-electron chi connectivity index (χ0n) is 18.0. The zero-order valence-corrected chi connectivity index (χ0v) is 18.9. The van der Waals surface area contributed by atoms with Crippen molar-refractivity contribution in [3.63, 3.8) is 0 Å². The fourth-order valence-electron chi connectivity index (χ4n) is 3.24. The van der Waals surface area contributed by atoms with Crippen LogP contribution in [0.15, 0.2) is 51.9 Å². The van der Waals surface area contributed by atoms with Gasteiger partial charge in [-0.15, -0.1) is 4.40 Å². The smallest absolute Gasteiger partial charge is 0.344 e. The molecule has 0 saturated carbocycles. The number of nitrogens with zero attached hydrogens (tertiary/aromatic N) is 2. The van der Waals surface area contributed by atoms with Crippen LogP contribution in [0.2, 0.25) is 0 Å². The van der Waals surface area contributed by atoms with Gasteiger partial charge in [0.2, 0.25) is 0 Å². The number of amidine groups is 1. The maximum Gasteiger partial charge on any atom is 0.344 e. The Kier molecular flexibility index (Phi) is 6.35. The highest BCUT2D eigenvalue weighted by Gasteiger charge is 2.27. The van der Waals surface area contributed by atoms with Crippen LogP contribution in [0.1, 0.15) is 26.3 Å². The monoisotopic (exact) mass is 455 g/mol. The molecule has 1 amide bonds. The molecule has 1 aliphatic heterocycles. The molecule has 10 heteroatoms. The Balaban J connectivity index is 1.83. The zero-order chi connectivity index (χ0) is 23.5. The molecule has 2 aromatic carbocycles. The summed E-state index contributed by atoms with van der Waals surface area (Å²) in [7, 11) is -3.89. The first-order valence-corrected chi connectivity index (χ1v) is 11.2. The van der Waals surface area contributed by atoms with Gasteiger partial charge in [-0.1, -0.05) is 36.4 Å². The van der Waals surface area contributed by atoms with Crippen LogP contribution in [0.5, 0.6) is 5.75 Å². The van der Waals surface area contributed by atoms with E-state index in [4.69, 9.17) is 10.5 Å². The Hall–Kier alpha value is -3.66. The van der Waals surface area contributed by atoms with Crippen LogP contribution in [0, 0.1) is 0 Å². The van der Waals surface area contributed by atoms with Gasteiger partial charge < -0.3 is 15.8 Å². The number of fused-ring (bicyclic) bond motifs is 1. The van der Waals surface area contributed by atoms with Gasteiger partial charge in [-0.2, -0.15) is 8.42 Å². The van der Waals surface area contributed by atoms with Gasteiger partial charge in [0.1, 0.15) is 18.1 Å². The maximum absolute atomic E-state index is 13.0. The fraction of sp³-hybridized carbons (Fsp3) is 0.227. The molecule has 168 valence electrons. The Morgan fingerprint density at radius 3 is 2.69 bits per heavy atom. The number of rotatable bonds is 6. The normalized spacial score (nSPS) is 16.2. The highest BCUT2D eigenvalue weighted by molar-refractivity contribution is 7.91. The summed E-state index contributed by atoms with van der Waals surface area (Å²) in [4.78, 5) is 16.9. The first-order chi connectivity index (χ1) is 15.1. The average molecular weight is 456 g/mol. The molecule has 2 aromatic rings. The molecule has 0 saturated heterocycles. The van der Waals surface area contributed by atoms with Crippen molar-refractivity contribution in [3.05, 3.63) is 58.5 Å². The molecule has 0 fully saturated rings. The van der Waals surface area contributed by atoms with Gasteiger partial charge in [0.05, 0.1) is 16.8 Å². The van der Waals surface area contributed by atoms with Crippen molar-refractivity contribution in [2.45, 2.75) is 26.3 Å². The lowest BCUT2D eigenvalue weighted by Crippen LogP contribution is -2.49. The van der Waals surface area contributed by atoms with E-state index in [1.807, 2.05) is 37.3 Å². The molecule has 32 heavy (non-hydrogen) atoms. The van der Waals surface area contributed by atoms with Crippen molar-refractivity contribution in [3.8, 4) is 5.75 Å². The number of benzene rings is 2. The second-order valence-corrected chi connectivity index (χ2v) is 9.08. The number of ether oxygens (including phenoxy) is 1. The van der Waals surface area contributed by atoms with Crippen molar-refractivity contribution < 1.29 is 17.9 Å². The van der Waals surface area contributed by atoms with Crippen LogP contribution in [0.3, 0.4) is 0 Å². The van der Waals surface area contributed by atoms with Gasteiger partial charge in [-0.25, -0.2) is 0 Å². The van der Waals surface area contributed by atoms with Crippen molar-refractivity contribution in [1.29, 1.82) is 0 Å². The van der Waals surface area contributed by atoms with Crippen LogP contribution < -0.4 is 30.9 Å². The van der Waals surface area contributed by atoms with Crippen LogP contribution in [0.4, 0.5) is 5.69 Å². The Labute approximate surface area is 186 Å². The number of anilines is 1. The number of hydrogen-bond donors (Lipinski definition) is 3. The molecular formula is C22H25N5O4S. The van der Waals surface area contributed by atoms with Crippen molar-refractivity contribution in [2.24, 2.45) is 15.1 Å². The van der Waals surface area contributed by atoms with E-state index in [9.17, 15) is 13.2 Å². The summed E-state index contributed by atoms with van der Waals surface area (Å²) in [6, 6.07) is 12.2. The first kappa shape index (κ1) is 23.0. The van der Waals surface area contributed by atoms with Crippen molar-refractivity contribution >= 4 is 46.1 Å². The summed E-state index contributed by atoms with van der Waals surface area (Å²) in [6.07, 6.45) is 1.89. The van der Waals surface area contributed by atoms with Crippen molar-refractivity contribution in [1.82, 2.24) is 5.32 Å². The van der Waals surface area contributed by atoms with Gasteiger partial charge in [0.25, 0.3) is 5.91 Å².